The van der Waals surface area contributed by atoms with E-state index in [-0.39, 0.29) is 36.7 Å². The maximum Gasteiger partial charge on any atom is 0.253 e. The molecule has 2 rings (SSSR count). The van der Waals surface area contributed by atoms with E-state index >= 15 is 0 Å². The van der Waals surface area contributed by atoms with Crippen LogP contribution in [-0.4, -0.2) is 48.1 Å². The van der Waals surface area contributed by atoms with Crippen molar-refractivity contribution < 1.29 is 19.1 Å². The van der Waals surface area contributed by atoms with Crippen molar-refractivity contribution >= 4 is 11.8 Å². The summed E-state index contributed by atoms with van der Waals surface area (Å²) < 4.78 is 12.8. The summed E-state index contributed by atoms with van der Waals surface area (Å²) in [6.07, 6.45) is 1.20. The number of benzene rings is 1. The molecule has 1 aromatic carbocycles. The first-order chi connectivity index (χ1) is 10.1. The van der Waals surface area contributed by atoms with Gasteiger partial charge in [0.1, 0.15) is 5.82 Å². The number of carbonyl (C=O) groups excluding carboxylic acids is 2. The van der Waals surface area contributed by atoms with Crippen molar-refractivity contribution in [2.45, 2.75) is 12.8 Å². The monoisotopic (exact) mass is 294 g/mol. The Morgan fingerprint density at radius 3 is 2.43 bits per heavy atom. The van der Waals surface area contributed by atoms with E-state index in [1.807, 2.05) is 0 Å². The Morgan fingerprint density at radius 2 is 1.86 bits per heavy atom. The summed E-state index contributed by atoms with van der Waals surface area (Å²) in [5, 5.41) is 11.3. The number of aliphatic hydroxyl groups is 1. The molecule has 6 heteroatoms. The van der Waals surface area contributed by atoms with Crippen LogP contribution in [0.15, 0.2) is 24.3 Å². The number of likely N-dealkylation sites (tertiary alicyclic amines) is 1. The number of nitrogens with one attached hydrogen (secondary N) is 1. The van der Waals surface area contributed by atoms with E-state index in [1.165, 1.54) is 24.3 Å². The van der Waals surface area contributed by atoms with Crippen LogP contribution in [0.25, 0.3) is 0 Å². The van der Waals surface area contributed by atoms with Crippen LogP contribution in [-0.2, 0) is 4.79 Å². The molecule has 5 nitrogen and oxygen atoms in total. The van der Waals surface area contributed by atoms with E-state index in [0.717, 1.165) is 0 Å². The van der Waals surface area contributed by atoms with Gasteiger partial charge in [-0.1, -0.05) is 0 Å². The summed E-state index contributed by atoms with van der Waals surface area (Å²) in [6, 6.07) is 5.47. The van der Waals surface area contributed by atoms with Gasteiger partial charge in [-0.2, -0.15) is 0 Å². The molecule has 0 spiro atoms. The van der Waals surface area contributed by atoms with Gasteiger partial charge >= 0.3 is 0 Å². The second kappa shape index (κ2) is 7.17. The largest absolute Gasteiger partial charge is 0.395 e. The van der Waals surface area contributed by atoms with Gasteiger partial charge in [0.15, 0.2) is 0 Å². The van der Waals surface area contributed by atoms with Crippen molar-refractivity contribution in [1.29, 1.82) is 0 Å². The molecular formula is C15H19FN2O3. The molecule has 1 saturated heterocycles. The van der Waals surface area contributed by atoms with Gasteiger partial charge in [0, 0.05) is 31.1 Å². The Bertz CT molecular complexity index is 496. The summed E-state index contributed by atoms with van der Waals surface area (Å²) in [6.45, 7) is 1.20. The molecular weight excluding hydrogens is 275 g/mol. The minimum absolute atomic E-state index is 0.0714. The van der Waals surface area contributed by atoms with Gasteiger partial charge in [-0.25, -0.2) is 4.39 Å². The highest BCUT2D eigenvalue weighted by molar-refractivity contribution is 5.94. The van der Waals surface area contributed by atoms with E-state index in [1.54, 1.807) is 4.90 Å². The number of rotatable bonds is 4. The lowest BCUT2D eigenvalue weighted by atomic mass is 9.95. The maximum absolute atomic E-state index is 12.8. The summed E-state index contributed by atoms with van der Waals surface area (Å²) in [4.78, 5) is 25.7. The van der Waals surface area contributed by atoms with Crippen LogP contribution in [0.2, 0.25) is 0 Å². The quantitative estimate of drug-likeness (QED) is 0.862. The smallest absolute Gasteiger partial charge is 0.253 e. The van der Waals surface area contributed by atoms with Gasteiger partial charge in [0.2, 0.25) is 5.91 Å². The molecule has 1 fully saturated rings. The van der Waals surface area contributed by atoms with Gasteiger partial charge in [-0.15, -0.1) is 0 Å². The fourth-order valence-electron chi connectivity index (χ4n) is 2.44. The predicted octanol–water partition coefficient (Wildman–Crippen LogP) is 0.786. The molecule has 2 N–H and O–H groups in total. The average Bonchev–Trinajstić information content (AvgIpc) is 2.53. The maximum atomic E-state index is 12.8. The Kier molecular flexibility index (Phi) is 5.27. The van der Waals surface area contributed by atoms with Gasteiger partial charge in [0.05, 0.1) is 6.61 Å². The molecule has 0 bridgehead atoms. The van der Waals surface area contributed by atoms with Crippen LogP contribution in [0.4, 0.5) is 4.39 Å². The zero-order valence-corrected chi connectivity index (χ0v) is 11.7. The summed E-state index contributed by atoms with van der Waals surface area (Å²) in [5.41, 5.74) is 0.458. The molecule has 1 heterocycles. The van der Waals surface area contributed by atoms with Crippen LogP contribution >= 0.6 is 0 Å². The fraction of sp³-hybridized carbons (Fsp3) is 0.467. The van der Waals surface area contributed by atoms with Crippen molar-refractivity contribution in [2.75, 3.05) is 26.2 Å². The minimum atomic E-state index is -0.370. The highest BCUT2D eigenvalue weighted by Crippen LogP contribution is 2.19. The Morgan fingerprint density at radius 1 is 1.24 bits per heavy atom. The van der Waals surface area contributed by atoms with Crippen molar-refractivity contribution in [2.24, 2.45) is 5.92 Å². The fourth-order valence-corrected chi connectivity index (χ4v) is 2.44. The first kappa shape index (κ1) is 15.4. The zero-order chi connectivity index (χ0) is 15.2. The predicted molar refractivity (Wildman–Crippen MR) is 75.1 cm³/mol. The summed E-state index contributed by atoms with van der Waals surface area (Å²) in [7, 11) is 0. The van der Waals surface area contributed by atoms with E-state index < -0.39 is 0 Å². The van der Waals surface area contributed by atoms with Gasteiger partial charge in [0.25, 0.3) is 5.91 Å². The van der Waals surface area contributed by atoms with Crippen LogP contribution in [0.5, 0.6) is 0 Å². The van der Waals surface area contributed by atoms with Gasteiger partial charge < -0.3 is 15.3 Å². The lowest BCUT2D eigenvalue weighted by Crippen LogP contribution is -2.43. The van der Waals surface area contributed by atoms with Crippen LogP contribution < -0.4 is 5.32 Å². The van der Waals surface area contributed by atoms with Crippen molar-refractivity contribution in [3.63, 3.8) is 0 Å². The molecule has 0 aliphatic carbocycles. The number of halogens is 1. The molecule has 114 valence electrons. The third-order valence-electron chi connectivity index (χ3n) is 3.66. The third-order valence-corrected chi connectivity index (χ3v) is 3.66. The molecule has 2 amide bonds. The molecule has 21 heavy (non-hydrogen) atoms. The van der Waals surface area contributed by atoms with Crippen molar-refractivity contribution in [1.82, 2.24) is 10.2 Å². The summed E-state index contributed by atoms with van der Waals surface area (Å²) >= 11 is 0. The second-order valence-corrected chi connectivity index (χ2v) is 5.09. The molecule has 0 radical (unpaired) electrons. The highest BCUT2D eigenvalue weighted by atomic mass is 19.1. The van der Waals surface area contributed by atoms with Crippen LogP contribution in [0.1, 0.15) is 23.2 Å². The Hall–Kier alpha value is -1.95. The first-order valence-electron chi connectivity index (χ1n) is 7.05. The molecule has 1 aliphatic rings. The molecule has 0 aromatic heterocycles. The summed E-state index contributed by atoms with van der Waals surface area (Å²) in [5.74, 6) is -0.693. The molecule has 1 aromatic rings. The SMILES string of the molecule is O=C(NCCO)C1CCN(C(=O)c2ccc(F)cc2)CC1. The topological polar surface area (TPSA) is 69.6 Å². The zero-order valence-electron chi connectivity index (χ0n) is 11.7. The number of nitrogens with zero attached hydrogens (tertiary/aromatic N) is 1. The van der Waals surface area contributed by atoms with E-state index in [4.69, 9.17) is 5.11 Å². The minimum Gasteiger partial charge on any atom is -0.395 e. The van der Waals surface area contributed by atoms with Gasteiger partial charge in [-0.3, -0.25) is 9.59 Å². The third kappa shape index (κ3) is 4.01. The Labute approximate surface area is 122 Å². The van der Waals surface area contributed by atoms with Crippen molar-refractivity contribution in [3.8, 4) is 0 Å². The standard InChI is InChI=1S/C15H19FN2O3/c16-13-3-1-12(2-4-13)15(21)18-8-5-11(6-9-18)14(20)17-7-10-19/h1-4,11,19H,5-10H2,(H,17,20). The van der Waals surface area contributed by atoms with Crippen LogP contribution in [0.3, 0.4) is 0 Å². The molecule has 0 unspecified atom stereocenters. The number of hydrogen-bond acceptors (Lipinski definition) is 3. The number of amides is 2. The molecule has 1 aliphatic heterocycles. The number of piperidine rings is 1. The van der Waals surface area contributed by atoms with E-state index in [0.29, 0.717) is 31.5 Å². The van der Waals surface area contributed by atoms with Gasteiger partial charge in [-0.05, 0) is 37.1 Å². The normalized spacial score (nSPS) is 15.8. The number of hydrogen-bond donors (Lipinski definition) is 2. The first-order valence-corrected chi connectivity index (χ1v) is 7.05. The van der Waals surface area contributed by atoms with Crippen LogP contribution in [0, 0.1) is 11.7 Å². The van der Waals surface area contributed by atoms with Crippen molar-refractivity contribution in [3.05, 3.63) is 35.6 Å². The molecule has 0 atom stereocenters. The number of aliphatic hydroxyl groups excluding tert-OH is 1. The highest BCUT2D eigenvalue weighted by Gasteiger charge is 2.27. The molecule has 0 saturated carbocycles. The van der Waals surface area contributed by atoms with E-state index in [9.17, 15) is 14.0 Å². The lowest BCUT2D eigenvalue weighted by molar-refractivity contribution is -0.126. The lowest BCUT2D eigenvalue weighted by Gasteiger charge is -2.31. The van der Waals surface area contributed by atoms with E-state index in [2.05, 4.69) is 5.32 Å². The second-order valence-electron chi connectivity index (χ2n) is 5.09. The Balaban J connectivity index is 1.87. The average molecular weight is 294 g/mol. The number of carbonyl (C=O) groups is 2.